The number of rotatable bonds is 6. The average Bonchev–Trinajstić information content (AvgIpc) is 3.15. The first-order valence-corrected chi connectivity index (χ1v) is 9.62. The average molecular weight is 361 g/mol. The number of hydrogen-bond acceptors (Lipinski definition) is 3. The van der Waals surface area contributed by atoms with Crippen molar-refractivity contribution >= 4 is 23.0 Å². The number of benzene rings is 1. The maximum absolute atomic E-state index is 5.85. The number of methoxy groups -OCH3 is 1. The van der Waals surface area contributed by atoms with Gasteiger partial charge in [0.15, 0.2) is 5.11 Å². The van der Waals surface area contributed by atoms with Crippen molar-refractivity contribution < 1.29 is 9.47 Å². The van der Waals surface area contributed by atoms with Crippen LogP contribution in [0.1, 0.15) is 32.1 Å². The predicted octanol–water partition coefficient (Wildman–Crippen LogP) is 4.23. The number of allylic oxidation sites excluding steroid dienone is 2. The monoisotopic (exact) mass is 360 g/mol. The molecule has 1 aliphatic heterocycles. The van der Waals surface area contributed by atoms with E-state index in [1.165, 1.54) is 12.8 Å². The molecular weight excluding hydrogens is 332 g/mol. The van der Waals surface area contributed by atoms with Gasteiger partial charge in [-0.1, -0.05) is 18.2 Å². The van der Waals surface area contributed by atoms with Crippen LogP contribution in [0, 0.1) is 5.92 Å². The predicted molar refractivity (Wildman–Crippen MR) is 106 cm³/mol. The minimum atomic E-state index is 0.296. The summed E-state index contributed by atoms with van der Waals surface area (Å²) in [5, 5.41) is 4.16. The number of nitrogens with zero attached hydrogens (tertiary/aromatic N) is 1. The van der Waals surface area contributed by atoms with Crippen LogP contribution < -0.4 is 10.1 Å². The fourth-order valence-corrected chi connectivity index (χ4v) is 3.78. The zero-order chi connectivity index (χ0) is 17.5. The summed E-state index contributed by atoms with van der Waals surface area (Å²) in [6.07, 6.45) is 10.7. The van der Waals surface area contributed by atoms with Gasteiger partial charge < -0.3 is 19.7 Å². The highest BCUT2D eigenvalue weighted by Gasteiger charge is 2.23. The lowest BCUT2D eigenvalue weighted by atomic mass is 9.94. The van der Waals surface area contributed by atoms with Gasteiger partial charge in [-0.05, 0) is 62.4 Å². The summed E-state index contributed by atoms with van der Waals surface area (Å²) in [4.78, 5) is 2.30. The number of thiocarbonyl (C=S) groups is 1. The molecule has 1 N–H and O–H groups in total. The van der Waals surface area contributed by atoms with Gasteiger partial charge in [0.1, 0.15) is 5.75 Å². The Bertz CT molecular complexity index is 599. The Kier molecular flexibility index (Phi) is 6.70. The molecule has 1 aliphatic carbocycles. The quantitative estimate of drug-likeness (QED) is 0.606. The second-order valence-corrected chi connectivity index (χ2v) is 7.24. The molecule has 2 aliphatic rings. The molecule has 3 rings (SSSR count). The summed E-state index contributed by atoms with van der Waals surface area (Å²) in [7, 11) is 1.68. The van der Waals surface area contributed by atoms with Crippen LogP contribution in [-0.4, -0.2) is 42.9 Å². The lowest BCUT2D eigenvalue weighted by molar-refractivity contribution is 0.0882. The summed E-state index contributed by atoms with van der Waals surface area (Å²) in [5.41, 5.74) is 0.963. The van der Waals surface area contributed by atoms with Crippen LogP contribution in [0.4, 0.5) is 5.69 Å². The number of hydrogen-bond donors (Lipinski definition) is 1. The normalized spacial score (nSPS) is 22.6. The Morgan fingerprint density at radius 2 is 2.24 bits per heavy atom. The van der Waals surface area contributed by atoms with Crippen LogP contribution in [0.25, 0.3) is 0 Å². The highest BCUT2D eigenvalue weighted by atomic mass is 32.1. The van der Waals surface area contributed by atoms with E-state index in [-0.39, 0.29) is 0 Å². The molecule has 0 bridgehead atoms. The number of anilines is 1. The largest absolute Gasteiger partial charge is 0.497 e. The second kappa shape index (κ2) is 9.20. The molecule has 0 spiro atoms. The van der Waals surface area contributed by atoms with Crippen molar-refractivity contribution in [1.82, 2.24) is 4.90 Å². The molecule has 136 valence electrons. The van der Waals surface area contributed by atoms with E-state index >= 15 is 0 Å². The van der Waals surface area contributed by atoms with Gasteiger partial charge in [-0.25, -0.2) is 0 Å². The zero-order valence-electron chi connectivity index (χ0n) is 14.9. The van der Waals surface area contributed by atoms with Gasteiger partial charge >= 0.3 is 0 Å². The van der Waals surface area contributed by atoms with E-state index in [1.54, 1.807) is 7.11 Å². The highest BCUT2D eigenvalue weighted by molar-refractivity contribution is 7.80. The standard InChI is InChI=1S/C20H28N2O2S/c1-23-18-10-5-9-17(13-18)21-20(25)22(15-19-11-6-12-24-19)14-16-7-3-2-4-8-16/h2-3,5,9-10,13,16,19H,4,6-8,11-12,14-15H2,1H3,(H,21,25). The Morgan fingerprint density at radius 3 is 2.96 bits per heavy atom. The minimum absolute atomic E-state index is 0.296. The van der Waals surface area contributed by atoms with Gasteiger partial charge in [0.05, 0.1) is 13.2 Å². The van der Waals surface area contributed by atoms with Crippen molar-refractivity contribution in [2.75, 3.05) is 32.1 Å². The van der Waals surface area contributed by atoms with Gasteiger partial charge in [-0.2, -0.15) is 0 Å². The first-order chi connectivity index (χ1) is 12.2. The SMILES string of the molecule is COc1cccc(NC(=S)N(CC2CC=CCC2)CC2CCCO2)c1. The molecule has 1 aromatic rings. The maximum Gasteiger partial charge on any atom is 0.173 e. The van der Waals surface area contributed by atoms with E-state index in [2.05, 4.69) is 22.4 Å². The molecule has 0 aromatic heterocycles. The van der Waals surface area contributed by atoms with Crippen LogP contribution in [0.2, 0.25) is 0 Å². The lowest BCUT2D eigenvalue weighted by Crippen LogP contribution is -2.42. The van der Waals surface area contributed by atoms with Gasteiger partial charge in [0, 0.05) is 31.5 Å². The Hall–Kier alpha value is -1.59. The molecule has 5 heteroatoms. The van der Waals surface area contributed by atoms with E-state index in [1.807, 2.05) is 24.3 Å². The smallest absolute Gasteiger partial charge is 0.173 e. The molecule has 0 amide bonds. The minimum Gasteiger partial charge on any atom is -0.497 e. The van der Waals surface area contributed by atoms with E-state index in [9.17, 15) is 0 Å². The van der Waals surface area contributed by atoms with Crippen LogP contribution in [-0.2, 0) is 4.74 Å². The Morgan fingerprint density at radius 1 is 1.32 bits per heavy atom. The van der Waals surface area contributed by atoms with E-state index in [0.29, 0.717) is 12.0 Å². The highest BCUT2D eigenvalue weighted by Crippen LogP contribution is 2.23. The van der Waals surface area contributed by atoms with Gasteiger partial charge in [-0.3, -0.25) is 0 Å². The summed E-state index contributed by atoms with van der Waals surface area (Å²) in [6, 6.07) is 7.90. The van der Waals surface area contributed by atoms with Crippen molar-refractivity contribution in [2.45, 2.75) is 38.2 Å². The van der Waals surface area contributed by atoms with Gasteiger partial charge in [0.2, 0.25) is 0 Å². The lowest BCUT2D eigenvalue weighted by Gasteiger charge is -2.32. The fraction of sp³-hybridized carbons (Fsp3) is 0.550. The third-order valence-corrected chi connectivity index (χ3v) is 5.27. The number of ether oxygens (including phenoxy) is 2. The third-order valence-electron chi connectivity index (χ3n) is 4.91. The molecule has 1 aromatic carbocycles. The molecule has 25 heavy (non-hydrogen) atoms. The fourth-order valence-electron chi connectivity index (χ4n) is 3.51. The van der Waals surface area contributed by atoms with Crippen molar-refractivity contribution in [3.05, 3.63) is 36.4 Å². The van der Waals surface area contributed by atoms with Gasteiger partial charge in [-0.15, -0.1) is 0 Å². The molecule has 0 saturated carbocycles. The van der Waals surface area contributed by atoms with Crippen molar-refractivity contribution in [3.63, 3.8) is 0 Å². The summed E-state index contributed by atoms with van der Waals surface area (Å²) >= 11 is 5.74. The summed E-state index contributed by atoms with van der Waals surface area (Å²) in [6.45, 7) is 2.73. The first kappa shape index (κ1) is 18.2. The summed E-state index contributed by atoms with van der Waals surface area (Å²) in [5.74, 6) is 1.49. The Labute approximate surface area is 156 Å². The van der Waals surface area contributed by atoms with Crippen LogP contribution in [0.5, 0.6) is 5.75 Å². The molecule has 0 radical (unpaired) electrons. The van der Waals surface area contributed by atoms with Gasteiger partial charge in [0.25, 0.3) is 0 Å². The second-order valence-electron chi connectivity index (χ2n) is 6.85. The van der Waals surface area contributed by atoms with E-state index in [0.717, 1.165) is 55.5 Å². The van der Waals surface area contributed by atoms with Crippen molar-refractivity contribution in [2.24, 2.45) is 5.92 Å². The first-order valence-electron chi connectivity index (χ1n) is 9.21. The maximum atomic E-state index is 5.85. The molecule has 1 fully saturated rings. The van der Waals surface area contributed by atoms with Crippen LogP contribution >= 0.6 is 12.2 Å². The van der Waals surface area contributed by atoms with Crippen molar-refractivity contribution in [3.8, 4) is 5.75 Å². The summed E-state index contributed by atoms with van der Waals surface area (Å²) < 4.78 is 11.1. The van der Waals surface area contributed by atoms with Crippen LogP contribution in [0.15, 0.2) is 36.4 Å². The topological polar surface area (TPSA) is 33.7 Å². The molecular formula is C20H28N2O2S. The Balaban J connectivity index is 1.65. The zero-order valence-corrected chi connectivity index (χ0v) is 15.8. The third kappa shape index (κ3) is 5.44. The molecule has 2 atom stereocenters. The molecule has 1 heterocycles. The van der Waals surface area contributed by atoms with Crippen molar-refractivity contribution in [1.29, 1.82) is 0 Å². The van der Waals surface area contributed by atoms with E-state index in [4.69, 9.17) is 21.7 Å². The van der Waals surface area contributed by atoms with E-state index < -0.39 is 0 Å². The number of nitrogens with one attached hydrogen (secondary N) is 1. The molecule has 1 saturated heterocycles. The molecule has 4 nitrogen and oxygen atoms in total. The van der Waals surface area contributed by atoms with Crippen LogP contribution in [0.3, 0.4) is 0 Å². The molecule has 2 unspecified atom stereocenters.